The van der Waals surface area contributed by atoms with Crippen LogP contribution in [0.2, 0.25) is 0 Å². The molecule has 2 N–H and O–H groups in total. The van der Waals surface area contributed by atoms with Gasteiger partial charge in [-0.2, -0.15) is 0 Å². The highest BCUT2D eigenvalue weighted by atomic mass is 16.4. The van der Waals surface area contributed by atoms with Crippen LogP contribution in [0.4, 0.5) is 0 Å². The monoisotopic (exact) mass is 216 g/mol. The summed E-state index contributed by atoms with van der Waals surface area (Å²) >= 11 is 0. The van der Waals surface area contributed by atoms with Gasteiger partial charge in [-0.15, -0.1) is 0 Å². The van der Waals surface area contributed by atoms with E-state index < -0.39 is 5.97 Å². The summed E-state index contributed by atoms with van der Waals surface area (Å²) < 4.78 is 0. The van der Waals surface area contributed by atoms with Crippen molar-refractivity contribution < 1.29 is 14.7 Å². The first-order valence-corrected chi connectivity index (χ1v) is 5.32. The number of aliphatic carboxylic acids is 1. The molecule has 0 rings (SSSR count). The van der Waals surface area contributed by atoms with E-state index in [1.54, 1.807) is 4.90 Å². The lowest BCUT2D eigenvalue weighted by atomic mass is 10.3. The Kier molecular flexibility index (Phi) is 7.62. The summed E-state index contributed by atoms with van der Waals surface area (Å²) in [7, 11) is 0. The highest BCUT2D eigenvalue weighted by molar-refractivity contribution is 5.78. The molecule has 5 nitrogen and oxygen atoms in total. The highest BCUT2D eigenvalue weighted by Gasteiger charge is 2.07. The van der Waals surface area contributed by atoms with E-state index in [-0.39, 0.29) is 12.3 Å². The fourth-order valence-corrected chi connectivity index (χ4v) is 1.25. The molecule has 0 aliphatic carbocycles. The summed E-state index contributed by atoms with van der Waals surface area (Å²) in [5.74, 6) is -0.734. The van der Waals surface area contributed by atoms with Gasteiger partial charge in [0.15, 0.2) is 0 Å². The van der Waals surface area contributed by atoms with E-state index in [4.69, 9.17) is 5.11 Å². The maximum Gasteiger partial charge on any atom is 0.303 e. The Morgan fingerprint density at radius 2 is 1.87 bits per heavy atom. The molecule has 88 valence electrons. The van der Waals surface area contributed by atoms with Crippen molar-refractivity contribution in [2.75, 3.05) is 26.2 Å². The summed E-state index contributed by atoms with van der Waals surface area (Å²) in [6, 6.07) is 0. The van der Waals surface area contributed by atoms with Crippen molar-refractivity contribution >= 4 is 11.9 Å². The molecule has 5 heteroatoms. The number of nitrogens with zero attached hydrogens (tertiary/aromatic N) is 1. The number of hydrogen-bond donors (Lipinski definition) is 2. The van der Waals surface area contributed by atoms with Crippen molar-refractivity contribution in [3.05, 3.63) is 0 Å². The van der Waals surface area contributed by atoms with Gasteiger partial charge >= 0.3 is 5.97 Å². The Morgan fingerprint density at radius 3 is 2.33 bits per heavy atom. The van der Waals surface area contributed by atoms with Gasteiger partial charge in [-0.25, -0.2) is 0 Å². The first-order valence-electron chi connectivity index (χ1n) is 5.32. The largest absolute Gasteiger partial charge is 0.481 e. The van der Waals surface area contributed by atoms with E-state index in [0.29, 0.717) is 32.6 Å². The number of hydrogen-bond acceptors (Lipinski definition) is 3. The van der Waals surface area contributed by atoms with Crippen molar-refractivity contribution in [1.29, 1.82) is 0 Å². The molecule has 0 aliphatic rings. The van der Waals surface area contributed by atoms with Crippen LogP contribution < -0.4 is 5.32 Å². The molecule has 0 saturated heterocycles. The molecule has 0 fully saturated rings. The molecule has 15 heavy (non-hydrogen) atoms. The second-order valence-corrected chi connectivity index (χ2v) is 3.24. The lowest BCUT2D eigenvalue weighted by Crippen LogP contribution is -2.38. The average Bonchev–Trinajstić information content (AvgIpc) is 2.18. The average molecular weight is 216 g/mol. The lowest BCUT2D eigenvalue weighted by molar-refractivity contribution is -0.137. The van der Waals surface area contributed by atoms with Gasteiger partial charge in [-0.3, -0.25) is 9.59 Å². The van der Waals surface area contributed by atoms with Crippen molar-refractivity contribution in [2.45, 2.75) is 26.7 Å². The molecule has 0 heterocycles. The number of nitrogens with one attached hydrogen (secondary N) is 1. The van der Waals surface area contributed by atoms with Crippen molar-refractivity contribution in [2.24, 2.45) is 0 Å². The first-order chi connectivity index (χ1) is 7.11. The molecule has 0 radical (unpaired) electrons. The van der Waals surface area contributed by atoms with Gasteiger partial charge in [0.2, 0.25) is 5.91 Å². The van der Waals surface area contributed by atoms with E-state index >= 15 is 0 Å². The molecular weight excluding hydrogens is 196 g/mol. The van der Waals surface area contributed by atoms with Gasteiger partial charge in [-0.05, 0) is 26.8 Å². The number of carbonyl (C=O) groups is 2. The molecular formula is C10H20N2O3. The molecule has 0 saturated carbocycles. The van der Waals surface area contributed by atoms with Crippen LogP contribution in [0.25, 0.3) is 0 Å². The SMILES string of the molecule is CCN(CC)C(=O)CNCCCC(=O)O. The summed E-state index contributed by atoms with van der Waals surface area (Å²) in [6.07, 6.45) is 0.702. The number of carboxylic acids is 1. The van der Waals surface area contributed by atoms with Crippen molar-refractivity contribution in [3.8, 4) is 0 Å². The molecule has 0 spiro atoms. The van der Waals surface area contributed by atoms with Gasteiger partial charge in [0.05, 0.1) is 6.54 Å². The quantitative estimate of drug-likeness (QED) is 0.573. The zero-order chi connectivity index (χ0) is 11.7. The predicted octanol–water partition coefficient (Wildman–Crippen LogP) is 0.309. The van der Waals surface area contributed by atoms with Crippen LogP contribution in [-0.2, 0) is 9.59 Å². The normalized spacial score (nSPS) is 10.0. The third-order valence-corrected chi connectivity index (χ3v) is 2.14. The number of carbonyl (C=O) groups excluding carboxylic acids is 1. The van der Waals surface area contributed by atoms with E-state index in [1.165, 1.54) is 0 Å². The van der Waals surface area contributed by atoms with Crippen molar-refractivity contribution in [1.82, 2.24) is 10.2 Å². The molecule has 0 unspecified atom stereocenters. The minimum absolute atomic E-state index is 0.0651. The third-order valence-electron chi connectivity index (χ3n) is 2.14. The Balaban J connectivity index is 3.50. The first kappa shape index (κ1) is 13.9. The molecule has 1 amide bonds. The van der Waals surface area contributed by atoms with Gasteiger partial charge in [-0.1, -0.05) is 0 Å². The van der Waals surface area contributed by atoms with Crippen molar-refractivity contribution in [3.63, 3.8) is 0 Å². The van der Waals surface area contributed by atoms with E-state index in [0.717, 1.165) is 0 Å². The summed E-state index contributed by atoms with van der Waals surface area (Å²) in [6.45, 7) is 6.16. The molecule has 0 bridgehead atoms. The van der Waals surface area contributed by atoms with Crippen LogP contribution in [0.1, 0.15) is 26.7 Å². The van der Waals surface area contributed by atoms with Gasteiger partial charge in [0, 0.05) is 19.5 Å². The molecule has 0 aromatic heterocycles. The Hall–Kier alpha value is -1.10. The zero-order valence-electron chi connectivity index (χ0n) is 9.45. The number of amides is 1. The number of carboxylic acid groups (broad SMARTS) is 1. The molecule has 0 aliphatic heterocycles. The third kappa shape index (κ3) is 6.90. The van der Waals surface area contributed by atoms with Crippen LogP contribution in [0.3, 0.4) is 0 Å². The predicted molar refractivity (Wildman–Crippen MR) is 57.7 cm³/mol. The topological polar surface area (TPSA) is 69.6 Å². The van der Waals surface area contributed by atoms with Crippen LogP contribution in [0.15, 0.2) is 0 Å². The fourth-order valence-electron chi connectivity index (χ4n) is 1.25. The van der Waals surface area contributed by atoms with Crippen LogP contribution in [-0.4, -0.2) is 48.1 Å². The zero-order valence-corrected chi connectivity index (χ0v) is 9.45. The maximum atomic E-state index is 11.4. The molecule has 0 aromatic rings. The number of rotatable bonds is 8. The van der Waals surface area contributed by atoms with Gasteiger partial charge in [0.25, 0.3) is 0 Å². The minimum atomic E-state index is -0.799. The van der Waals surface area contributed by atoms with Gasteiger partial charge < -0.3 is 15.3 Å². The van der Waals surface area contributed by atoms with Gasteiger partial charge in [0.1, 0.15) is 0 Å². The number of likely N-dealkylation sites (N-methyl/N-ethyl adjacent to an activating group) is 1. The molecule has 0 aromatic carbocycles. The van der Waals surface area contributed by atoms with Crippen LogP contribution in [0, 0.1) is 0 Å². The smallest absolute Gasteiger partial charge is 0.303 e. The highest BCUT2D eigenvalue weighted by Crippen LogP contribution is 1.89. The summed E-state index contributed by atoms with van der Waals surface area (Å²) in [4.78, 5) is 23.4. The Labute approximate surface area is 90.5 Å². The van der Waals surface area contributed by atoms with E-state index in [1.807, 2.05) is 13.8 Å². The van der Waals surface area contributed by atoms with Crippen LogP contribution >= 0.6 is 0 Å². The fraction of sp³-hybridized carbons (Fsp3) is 0.800. The summed E-state index contributed by atoms with van der Waals surface area (Å²) in [5.41, 5.74) is 0. The summed E-state index contributed by atoms with van der Waals surface area (Å²) in [5, 5.41) is 11.3. The van der Waals surface area contributed by atoms with E-state index in [2.05, 4.69) is 5.32 Å². The second-order valence-electron chi connectivity index (χ2n) is 3.24. The Morgan fingerprint density at radius 1 is 1.27 bits per heavy atom. The minimum Gasteiger partial charge on any atom is -0.481 e. The van der Waals surface area contributed by atoms with E-state index in [9.17, 15) is 9.59 Å². The Bertz CT molecular complexity index is 203. The van der Waals surface area contributed by atoms with Crippen LogP contribution in [0.5, 0.6) is 0 Å². The standard InChI is InChI=1S/C10H20N2O3/c1-3-12(4-2)9(13)8-11-7-5-6-10(14)15/h11H,3-8H2,1-2H3,(H,14,15). The lowest BCUT2D eigenvalue weighted by Gasteiger charge is -2.18. The maximum absolute atomic E-state index is 11.4. The molecule has 0 atom stereocenters. The second kappa shape index (κ2) is 8.23.